The molecule has 2 aromatic rings. The maximum atomic E-state index is 13.2. The molecule has 0 aliphatic carbocycles. The Morgan fingerprint density at radius 1 is 1.41 bits per heavy atom. The van der Waals surface area contributed by atoms with Crippen molar-refractivity contribution in [3.8, 4) is 5.69 Å². The summed E-state index contributed by atoms with van der Waals surface area (Å²) in [4.78, 5) is 15.5. The number of hydrogen-bond acceptors (Lipinski definition) is 5. The lowest BCUT2D eigenvalue weighted by Crippen LogP contribution is -2.60. The Kier molecular flexibility index (Phi) is 3.61. The fourth-order valence-corrected chi connectivity index (χ4v) is 2.49. The van der Waals surface area contributed by atoms with E-state index < -0.39 is 5.82 Å². The number of carbonyl (C=O) groups is 1. The number of halogens is 1. The maximum absolute atomic E-state index is 13.2. The zero-order valence-corrected chi connectivity index (χ0v) is 12.5. The molecule has 1 aliphatic heterocycles. The Morgan fingerprint density at radius 3 is 2.95 bits per heavy atom. The van der Waals surface area contributed by atoms with Crippen LogP contribution in [0.2, 0.25) is 0 Å². The predicted octanol–water partition coefficient (Wildman–Crippen LogP) is 0.625. The molecule has 0 atom stereocenters. The standard InChI is InChI=1S/C14H17FN6O/c1-14(2)9-16-6-7-20(14)13(22)12-17-19-21(18-12)11-5-3-4-10(15)8-11/h3-5,8,16H,6-7,9H2,1-2H3. The van der Waals surface area contributed by atoms with Crippen molar-refractivity contribution in [3.05, 3.63) is 35.9 Å². The fourth-order valence-electron chi connectivity index (χ4n) is 2.49. The Bertz CT molecular complexity index is 698. The van der Waals surface area contributed by atoms with E-state index in [4.69, 9.17) is 0 Å². The first-order valence-corrected chi connectivity index (χ1v) is 7.06. The quantitative estimate of drug-likeness (QED) is 0.880. The first kappa shape index (κ1) is 14.6. The topological polar surface area (TPSA) is 75.9 Å². The van der Waals surface area contributed by atoms with E-state index in [2.05, 4.69) is 20.7 Å². The molecule has 3 rings (SSSR count). The molecule has 1 amide bonds. The van der Waals surface area contributed by atoms with Crippen LogP contribution in [0.3, 0.4) is 0 Å². The first-order chi connectivity index (χ1) is 10.5. The highest BCUT2D eigenvalue weighted by Gasteiger charge is 2.35. The fraction of sp³-hybridized carbons (Fsp3) is 0.429. The van der Waals surface area contributed by atoms with E-state index in [9.17, 15) is 9.18 Å². The molecule has 1 fully saturated rings. The average Bonchev–Trinajstić information content (AvgIpc) is 2.96. The second-order valence-corrected chi connectivity index (χ2v) is 5.83. The van der Waals surface area contributed by atoms with Crippen LogP contribution in [0.15, 0.2) is 24.3 Å². The van der Waals surface area contributed by atoms with Gasteiger partial charge in [-0.05, 0) is 31.2 Å². The monoisotopic (exact) mass is 304 g/mol. The van der Waals surface area contributed by atoms with Crippen molar-refractivity contribution in [1.29, 1.82) is 0 Å². The van der Waals surface area contributed by atoms with Crippen molar-refractivity contribution in [2.75, 3.05) is 19.6 Å². The van der Waals surface area contributed by atoms with E-state index >= 15 is 0 Å². The van der Waals surface area contributed by atoms with E-state index in [1.165, 1.54) is 12.1 Å². The summed E-state index contributed by atoms with van der Waals surface area (Å²) in [5.41, 5.74) is 0.103. The van der Waals surface area contributed by atoms with E-state index in [1.807, 2.05) is 13.8 Å². The van der Waals surface area contributed by atoms with Gasteiger partial charge in [-0.2, -0.15) is 0 Å². The van der Waals surface area contributed by atoms with Gasteiger partial charge in [0.1, 0.15) is 5.82 Å². The zero-order valence-electron chi connectivity index (χ0n) is 12.5. The van der Waals surface area contributed by atoms with Crippen LogP contribution in [0.4, 0.5) is 4.39 Å². The van der Waals surface area contributed by atoms with Gasteiger partial charge in [0.05, 0.1) is 11.2 Å². The van der Waals surface area contributed by atoms with Gasteiger partial charge in [0.25, 0.3) is 11.7 Å². The number of piperazine rings is 1. The molecule has 0 radical (unpaired) electrons. The third kappa shape index (κ3) is 2.69. The largest absolute Gasteiger partial charge is 0.328 e. The maximum Gasteiger partial charge on any atom is 0.296 e. The highest BCUT2D eigenvalue weighted by Crippen LogP contribution is 2.18. The molecule has 0 bridgehead atoms. The van der Waals surface area contributed by atoms with Crippen LogP contribution in [0.25, 0.3) is 5.69 Å². The third-order valence-electron chi connectivity index (χ3n) is 3.69. The molecule has 22 heavy (non-hydrogen) atoms. The van der Waals surface area contributed by atoms with Crippen LogP contribution < -0.4 is 5.32 Å². The minimum Gasteiger partial charge on any atom is -0.328 e. The number of nitrogens with one attached hydrogen (secondary N) is 1. The molecule has 1 N–H and O–H groups in total. The Balaban J connectivity index is 1.86. The molecule has 1 saturated heterocycles. The number of tetrazole rings is 1. The molecule has 1 aliphatic rings. The Labute approximate surface area is 127 Å². The highest BCUT2D eigenvalue weighted by molar-refractivity contribution is 5.90. The first-order valence-electron chi connectivity index (χ1n) is 7.06. The molecule has 1 aromatic carbocycles. The van der Waals surface area contributed by atoms with Crippen molar-refractivity contribution in [2.24, 2.45) is 0 Å². The molecular formula is C14H17FN6O. The summed E-state index contributed by atoms with van der Waals surface area (Å²) in [5, 5.41) is 15.0. The molecule has 8 heteroatoms. The van der Waals surface area contributed by atoms with E-state index in [1.54, 1.807) is 17.0 Å². The Morgan fingerprint density at radius 2 is 2.23 bits per heavy atom. The lowest BCUT2D eigenvalue weighted by molar-refractivity contribution is 0.0464. The minimum absolute atomic E-state index is 0.0132. The zero-order chi connectivity index (χ0) is 15.7. The third-order valence-corrected chi connectivity index (χ3v) is 3.69. The van der Waals surface area contributed by atoms with Gasteiger partial charge in [-0.25, -0.2) is 4.39 Å². The number of amides is 1. The van der Waals surface area contributed by atoms with Gasteiger partial charge in [-0.15, -0.1) is 15.0 Å². The SMILES string of the molecule is CC1(C)CNCCN1C(=O)c1nnn(-c2cccc(F)c2)n1. The van der Waals surface area contributed by atoms with Crippen LogP contribution in [0.1, 0.15) is 24.5 Å². The van der Waals surface area contributed by atoms with E-state index in [0.717, 1.165) is 11.3 Å². The second-order valence-electron chi connectivity index (χ2n) is 5.83. The average molecular weight is 304 g/mol. The summed E-state index contributed by atoms with van der Waals surface area (Å²) >= 11 is 0. The number of aromatic nitrogens is 4. The highest BCUT2D eigenvalue weighted by atomic mass is 19.1. The summed E-state index contributed by atoms with van der Waals surface area (Å²) in [5.74, 6) is -0.653. The number of nitrogens with zero attached hydrogens (tertiary/aromatic N) is 5. The Hall–Kier alpha value is -2.35. The molecule has 1 aromatic heterocycles. The van der Waals surface area contributed by atoms with Gasteiger partial charge in [0.15, 0.2) is 0 Å². The summed E-state index contributed by atoms with van der Waals surface area (Å²) in [7, 11) is 0. The number of hydrogen-bond donors (Lipinski definition) is 1. The van der Waals surface area contributed by atoms with Gasteiger partial charge in [-0.1, -0.05) is 6.07 Å². The molecule has 0 unspecified atom stereocenters. The van der Waals surface area contributed by atoms with Gasteiger partial charge in [-0.3, -0.25) is 4.79 Å². The smallest absolute Gasteiger partial charge is 0.296 e. The number of carbonyl (C=O) groups excluding carboxylic acids is 1. The van der Waals surface area contributed by atoms with E-state index in [0.29, 0.717) is 18.8 Å². The van der Waals surface area contributed by atoms with Crippen molar-refractivity contribution < 1.29 is 9.18 Å². The predicted molar refractivity (Wildman–Crippen MR) is 77.1 cm³/mol. The van der Waals surface area contributed by atoms with E-state index in [-0.39, 0.29) is 17.3 Å². The van der Waals surface area contributed by atoms with Crippen molar-refractivity contribution >= 4 is 5.91 Å². The van der Waals surface area contributed by atoms with Gasteiger partial charge >= 0.3 is 0 Å². The minimum atomic E-state index is -0.397. The van der Waals surface area contributed by atoms with Gasteiger partial charge in [0.2, 0.25) is 0 Å². The summed E-state index contributed by atoms with van der Waals surface area (Å²) in [6.45, 7) is 5.98. The molecule has 116 valence electrons. The van der Waals surface area contributed by atoms with Crippen LogP contribution in [0.5, 0.6) is 0 Å². The van der Waals surface area contributed by atoms with Crippen molar-refractivity contribution in [2.45, 2.75) is 19.4 Å². The molecular weight excluding hydrogens is 287 g/mol. The summed E-state index contributed by atoms with van der Waals surface area (Å²) in [6.07, 6.45) is 0. The van der Waals surface area contributed by atoms with Crippen LogP contribution in [0, 0.1) is 5.82 Å². The number of benzene rings is 1. The van der Waals surface area contributed by atoms with Crippen molar-refractivity contribution in [3.63, 3.8) is 0 Å². The summed E-state index contributed by atoms with van der Waals surface area (Å²) < 4.78 is 13.2. The lowest BCUT2D eigenvalue weighted by atomic mass is 10.00. The number of rotatable bonds is 2. The normalized spacial score (nSPS) is 17.5. The lowest BCUT2D eigenvalue weighted by Gasteiger charge is -2.42. The molecule has 2 heterocycles. The molecule has 0 saturated carbocycles. The second kappa shape index (κ2) is 5.45. The van der Waals surface area contributed by atoms with Crippen molar-refractivity contribution in [1.82, 2.24) is 30.4 Å². The van der Waals surface area contributed by atoms with Gasteiger partial charge in [0, 0.05) is 25.7 Å². The molecule has 0 spiro atoms. The van der Waals surface area contributed by atoms with Crippen LogP contribution in [-0.2, 0) is 0 Å². The van der Waals surface area contributed by atoms with Gasteiger partial charge < -0.3 is 10.2 Å². The molecule has 7 nitrogen and oxygen atoms in total. The summed E-state index contributed by atoms with van der Waals surface area (Å²) in [6, 6.07) is 5.81. The van der Waals surface area contributed by atoms with Crippen LogP contribution in [-0.4, -0.2) is 56.2 Å². The van der Waals surface area contributed by atoms with Crippen LogP contribution >= 0.6 is 0 Å².